The van der Waals surface area contributed by atoms with Gasteiger partial charge in [-0.25, -0.2) is 0 Å². The monoisotopic (exact) mass is 1040 g/mol. The molecule has 0 unspecified atom stereocenters. The summed E-state index contributed by atoms with van der Waals surface area (Å²) in [6, 6.07) is 94.0. The van der Waals surface area contributed by atoms with Gasteiger partial charge in [0.15, 0.2) is 11.6 Å². The smallest absolute Gasteiger partial charge is 0.193 e. The Morgan fingerprint density at radius 3 is 0.951 bits per heavy atom. The number of nitrogens with zero attached hydrogens (tertiary/aromatic N) is 2. The highest BCUT2D eigenvalue weighted by atomic mass is 16.1. The minimum atomic E-state index is -0.822. The lowest BCUT2D eigenvalue weighted by molar-refractivity contribution is 0.103. The molecule has 0 amide bonds. The standard InChI is InChI=1S/C78H46N2O2/c1-2-75(81)46-31-36-55-56-38-33-47(42-67(56)77(66(55)41-46)63-24-10-3-17-51(63)52-18-4-11-25-64(52)77)76(82)48-32-37-54-53-19-5-12-26-65(53)78(68(54)43-48)69-44-49(79-71-27-13-6-20-59(71)60-21-7-14-28-72(60)79)34-39-57(69)58-40-35-50(45-70(58)78)80-73-29-15-8-22-61(73)62-23-9-16-30-74(62)80/h2-45H,1H2. The highest BCUT2D eigenvalue weighted by Crippen LogP contribution is 2.65. The van der Waals surface area contributed by atoms with Crippen LogP contribution < -0.4 is 0 Å². The summed E-state index contributed by atoms with van der Waals surface area (Å²) in [6.45, 7) is 3.85. The van der Waals surface area contributed by atoms with Crippen LogP contribution in [0, 0.1) is 0 Å². The second kappa shape index (κ2) is 16.2. The molecule has 4 aliphatic carbocycles. The summed E-state index contributed by atoms with van der Waals surface area (Å²) in [7, 11) is 0. The fourth-order valence-electron chi connectivity index (χ4n) is 15.7. The maximum absolute atomic E-state index is 16.0. The van der Waals surface area contributed by atoms with E-state index in [1.807, 2.05) is 18.2 Å². The first-order chi connectivity index (χ1) is 40.5. The molecule has 18 rings (SSSR count). The van der Waals surface area contributed by atoms with E-state index in [0.29, 0.717) is 16.7 Å². The van der Waals surface area contributed by atoms with E-state index in [1.54, 1.807) is 0 Å². The van der Waals surface area contributed by atoms with Gasteiger partial charge in [0, 0.05) is 49.6 Å². The lowest BCUT2D eigenvalue weighted by atomic mass is 9.69. The normalized spacial score (nSPS) is 14.0. The third-order valence-electron chi connectivity index (χ3n) is 18.9. The van der Waals surface area contributed by atoms with Crippen LogP contribution in [0.3, 0.4) is 0 Å². The van der Waals surface area contributed by atoms with Crippen LogP contribution in [-0.4, -0.2) is 20.7 Å². The van der Waals surface area contributed by atoms with E-state index in [9.17, 15) is 4.79 Å². The quantitative estimate of drug-likeness (QED) is 0.123. The van der Waals surface area contributed by atoms with Gasteiger partial charge in [-0.1, -0.05) is 201 Å². The molecule has 2 heterocycles. The number of aromatic nitrogens is 2. The Kier molecular flexibility index (Phi) is 8.94. The van der Waals surface area contributed by atoms with Crippen molar-refractivity contribution in [3.8, 4) is 55.9 Å². The zero-order valence-electron chi connectivity index (χ0n) is 44.3. The molecule has 14 aromatic rings. The van der Waals surface area contributed by atoms with Crippen molar-refractivity contribution in [3.63, 3.8) is 0 Å². The first-order valence-electron chi connectivity index (χ1n) is 28.2. The van der Waals surface area contributed by atoms with Gasteiger partial charge in [0.05, 0.1) is 32.9 Å². The molecule has 0 N–H and O–H groups in total. The summed E-state index contributed by atoms with van der Waals surface area (Å²) < 4.78 is 4.84. The van der Waals surface area contributed by atoms with Crippen LogP contribution in [0.2, 0.25) is 0 Å². The van der Waals surface area contributed by atoms with E-state index in [4.69, 9.17) is 0 Å². The minimum Gasteiger partial charge on any atom is -0.309 e. The number of carbonyl (C=O) groups is 2. The number of allylic oxidation sites excluding steroid dienone is 1. The molecule has 2 spiro atoms. The van der Waals surface area contributed by atoms with Crippen molar-refractivity contribution in [2.45, 2.75) is 10.8 Å². The lowest BCUT2D eigenvalue weighted by Gasteiger charge is -2.31. The molecule has 0 saturated heterocycles. The Morgan fingerprint density at radius 2 is 0.573 bits per heavy atom. The van der Waals surface area contributed by atoms with Crippen molar-refractivity contribution >= 4 is 55.2 Å². The SMILES string of the molecule is C=CC(=O)c1ccc2c(c1)C1(c3ccccc3-c3ccccc31)c1cc(C(=O)c3ccc4c(c3)C3(c5ccccc5-4)c4cc(-n5c6ccccc6c6ccccc65)ccc4-c4ccc(-n5c6ccccc6c6ccccc65)cc43)ccc1-2. The van der Waals surface area contributed by atoms with Crippen molar-refractivity contribution in [2.75, 3.05) is 0 Å². The summed E-state index contributed by atoms with van der Waals surface area (Å²) in [5.41, 5.74) is 25.0. The van der Waals surface area contributed by atoms with E-state index >= 15 is 4.79 Å². The van der Waals surface area contributed by atoms with E-state index in [2.05, 4.69) is 258 Å². The van der Waals surface area contributed by atoms with E-state index in [-0.39, 0.29) is 11.6 Å². The Bertz CT molecular complexity index is 4940. The van der Waals surface area contributed by atoms with Gasteiger partial charge >= 0.3 is 0 Å². The molecule has 380 valence electrons. The van der Waals surface area contributed by atoms with Crippen molar-refractivity contribution in [1.82, 2.24) is 9.13 Å². The summed E-state index contributed by atoms with van der Waals surface area (Å²) >= 11 is 0. The zero-order chi connectivity index (χ0) is 54.2. The average Bonchev–Trinajstić information content (AvgIpc) is 1.86. The number of ketones is 2. The fraction of sp³-hybridized carbons (Fsp3) is 0.0256. The molecule has 0 bridgehead atoms. The van der Waals surface area contributed by atoms with Crippen LogP contribution in [0.5, 0.6) is 0 Å². The number of rotatable bonds is 6. The predicted molar refractivity (Wildman–Crippen MR) is 332 cm³/mol. The number of carbonyl (C=O) groups excluding carboxylic acids is 2. The molecule has 12 aromatic carbocycles. The van der Waals surface area contributed by atoms with E-state index in [1.165, 1.54) is 55.4 Å². The lowest BCUT2D eigenvalue weighted by Crippen LogP contribution is -2.27. The molecule has 0 saturated carbocycles. The van der Waals surface area contributed by atoms with Gasteiger partial charge in [0.1, 0.15) is 0 Å². The maximum atomic E-state index is 16.0. The van der Waals surface area contributed by atoms with Crippen LogP contribution in [0.1, 0.15) is 70.8 Å². The van der Waals surface area contributed by atoms with Crippen LogP contribution in [-0.2, 0) is 10.8 Å². The second-order valence-corrected chi connectivity index (χ2v) is 22.5. The third-order valence-corrected chi connectivity index (χ3v) is 18.9. The van der Waals surface area contributed by atoms with Crippen molar-refractivity contribution in [1.29, 1.82) is 0 Å². The summed E-state index contributed by atoms with van der Waals surface area (Å²) in [5, 5.41) is 4.84. The Balaban J connectivity index is 0.878. The van der Waals surface area contributed by atoms with E-state index in [0.717, 1.165) is 94.6 Å². The molecule has 0 radical (unpaired) electrons. The minimum absolute atomic E-state index is 0.0542. The van der Waals surface area contributed by atoms with Gasteiger partial charge in [-0.05, 0) is 162 Å². The predicted octanol–water partition coefficient (Wildman–Crippen LogP) is 18.2. The maximum Gasteiger partial charge on any atom is 0.193 e. The Morgan fingerprint density at radius 1 is 0.293 bits per heavy atom. The summed E-state index contributed by atoms with van der Waals surface area (Å²) in [5.74, 6) is -0.180. The Labute approximate surface area is 472 Å². The number of benzene rings is 12. The molecule has 0 aliphatic heterocycles. The van der Waals surface area contributed by atoms with Gasteiger partial charge in [-0.3, -0.25) is 9.59 Å². The second-order valence-electron chi connectivity index (χ2n) is 22.5. The Hall–Kier alpha value is -10.7. The fourth-order valence-corrected chi connectivity index (χ4v) is 15.7. The topological polar surface area (TPSA) is 44.0 Å². The molecule has 4 aliphatic rings. The first kappa shape index (κ1) is 45.2. The van der Waals surface area contributed by atoms with Gasteiger partial charge < -0.3 is 9.13 Å². The van der Waals surface area contributed by atoms with Crippen LogP contribution in [0.25, 0.3) is 99.5 Å². The third kappa shape index (κ3) is 5.56. The average molecular weight is 1040 g/mol. The van der Waals surface area contributed by atoms with Crippen LogP contribution in [0.15, 0.2) is 274 Å². The summed E-state index contributed by atoms with van der Waals surface area (Å²) in [6.07, 6.45) is 1.39. The van der Waals surface area contributed by atoms with Crippen molar-refractivity contribution in [2.24, 2.45) is 0 Å². The van der Waals surface area contributed by atoms with Gasteiger partial charge in [-0.15, -0.1) is 0 Å². The molecular formula is C78H46N2O2. The largest absolute Gasteiger partial charge is 0.309 e. The number of para-hydroxylation sites is 4. The number of hydrogen-bond donors (Lipinski definition) is 0. The van der Waals surface area contributed by atoms with Gasteiger partial charge in [0.25, 0.3) is 0 Å². The molecule has 4 nitrogen and oxygen atoms in total. The number of fused-ring (bicyclic) bond motifs is 26. The van der Waals surface area contributed by atoms with Crippen molar-refractivity contribution in [3.05, 3.63) is 335 Å². The number of hydrogen-bond acceptors (Lipinski definition) is 2. The van der Waals surface area contributed by atoms with Gasteiger partial charge in [-0.2, -0.15) is 0 Å². The summed E-state index contributed by atoms with van der Waals surface area (Å²) in [4.78, 5) is 29.4. The van der Waals surface area contributed by atoms with Gasteiger partial charge in [0.2, 0.25) is 0 Å². The first-order valence-corrected chi connectivity index (χ1v) is 28.2. The van der Waals surface area contributed by atoms with Crippen LogP contribution >= 0.6 is 0 Å². The van der Waals surface area contributed by atoms with Crippen LogP contribution in [0.4, 0.5) is 0 Å². The van der Waals surface area contributed by atoms with E-state index < -0.39 is 10.8 Å². The molecule has 82 heavy (non-hydrogen) atoms. The highest BCUT2D eigenvalue weighted by Gasteiger charge is 2.54. The molecule has 0 fully saturated rings. The molecule has 2 aromatic heterocycles. The zero-order valence-corrected chi connectivity index (χ0v) is 44.3. The molecule has 4 heteroatoms. The van der Waals surface area contributed by atoms with Crippen molar-refractivity contribution < 1.29 is 9.59 Å². The highest BCUT2D eigenvalue weighted by molar-refractivity contribution is 6.13. The molecule has 0 atom stereocenters. The molecular weight excluding hydrogens is 997 g/mol.